The molecule has 3 unspecified atom stereocenters. The Bertz CT molecular complexity index is 935. The fourth-order valence-corrected chi connectivity index (χ4v) is 6.23. The molecule has 2 heterocycles. The zero-order chi connectivity index (χ0) is 25.6. The molecule has 1 aromatic rings. The second-order valence-electron chi connectivity index (χ2n) is 12.9. The van der Waals surface area contributed by atoms with Gasteiger partial charge in [0.1, 0.15) is 0 Å². The van der Waals surface area contributed by atoms with E-state index in [-0.39, 0.29) is 11.1 Å². The van der Waals surface area contributed by atoms with Crippen molar-refractivity contribution in [2.24, 2.45) is 24.1 Å². The third kappa shape index (κ3) is 5.41. The molecule has 1 saturated carbocycles. The van der Waals surface area contributed by atoms with Gasteiger partial charge in [0, 0.05) is 39.6 Å². The summed E-state index contributed by atoms with van der Waals surface area (Å²) in [6, 6.07) is 1.27. The van der Waals surface area contributed by atoms with Crippen LogP contribution in [0.25, 0.3) is 0 Å². The van der Waals surface area contributed by atoms with E-state index >= 15 is 0 Å². The van der Waals surface area contributed by atoms with Gasteiger partial charge in [-0.3, -0.25) is 0 Å². The first-order valence-corrected chi connectivity index (χ1v) is 13.5. The smallest absolute Gasteiger partial charge is 0.205 e. The minimum atomic E-state index is -0.104. The number of nitrogens with zero attached hydrogens (tertiary/aromatic N) is 6. The summed E-state index contributed by atoms with van der Waals surface area (Å²) in [7, 11) is 8.88. The molecule has 1 aliphatic carbocycles. The van der Waals surface area contributed by atoms with E-state index in [0.29, 0.717) is 23.9 Å². The van der Waals surface area contributed by atoms with Gasteiger partial charge in [0.15, 0.2) is 5.96 Å². The van der Waals surface area contributed by atoms with E-state index in [9.17, 15) is 0 Å². The zero-order valence-electron chi connectivity index (χ0n) is 24.2. The van der Waals surface area contributed by atoms with Gasteiger partial charge in [0.05, 0.1) is 23.2 Å². The lowest BCUT2D eigenvalue weighted by molar-refractivity contribution is 0.233. The molecule has 0 amide bonds. The van der Waals surface area contributed by atoms with Crippen molar-refractivity contribution in [3.8, 4) is 0 Å². The van der Waals surface area contributed by atoms with E-state index < -0.39 is 0 Å². The molecule has 34 heavy (non-hydrogen) atoms. The number of aromatic nitrogens is 2. The van der Waals surface area contributed by atoms with E-state index in [1.807, 2.05) is 0 Å². The molecule has 0 aromatic carbocycles. The average molecular weight is 473 g/mol. The molecule has 194 valence electrons. The van der Waals surface area contributed by atoms with Crippen LogP contribution in [0, 0.1) is 0 Å². The standard InChI is InChI=1S/C28H52N6/c1-19(2)23-24(34(12)25(33(23)11)29-27(4,5)6)20(3)17-18-28(7,8)30-26-31(9)21-15-13-14-16-22(21)32(26)10/h19-22H,13-18H2,1-12H3. The van der Waals surface area contributed by atoms with Crippen LogP contribution >= 0.6 is 0 Å². The highest BCUT2D eigenvalue weighted by molar-refractivity contribution is 5.83. The van der Waals surface area contributed by atoms with Gasteiger partial charge in [-0.1, -0.05) is 33.6 Å². The van der Waals surface area contributed by atoms with Crippen LogP contribution in [0.1, 0.15) is 117 Å². The van der Waals surface area contributed by atoms with Gasteiger partial charge in [0.25, 0.3) is 0 Å². The third-order valence-electron chi connectivity index (χ3n) is 7.95. The number of likely N-dealkylation sites (N-methyl/N-ethyl adjacent to an activating group) is 2. The van der Waals surface area contributed by atoms with Crippen LogP contribution in [0.5, 0.6) is 0 Å². The topological polar surface area (TPSA) is 41.1 Å². The number of imidazole rings is 1. The van der Waals surface area contributed by atoms with Crippen molar-refractivity contribution >= 4 is 5.96 Å². The molecule has 6 nitrogen and oxygen atoms in total. The molecule has 1 aliphatic heterocycles. The minimum absolute atomic E-state index is 0.0937. The normalized spacial score (nSPS) is 23.2. The van der Waals surface area contributed by atoms with E-state index in [1.165, 1.54) is 43.0 Å². The first-order chi connectivity index (χ1) is 15.6. The summed E-state index contributed by atoms with van der Waals surface area (Å²) in [4.78, 5) is 15.3. The van der Waals surface area contributed by atoms with Crippen LogP contribution in [-0.4, -0.2) is 62.2 Å². The quantitative estimate of drug-likeness (QED) is 0.557. The maximum Gasteiger partial charge on any atom is 0.205 e. The Labute approximate surface area is 209 Å². The number of fused-ring (bicyclic) bond motifs is 1. The molecule has 0 radical (unpaired) electrons. The third-order valence-corrected chi connectivity index (χ3v) is 7.95. The van der Waals surface area contributed by atoms with Gasteiger partial charge in [-0.25, -0.2) is 9.98 Å². The number of guanidine groups is 1. The lowest BCUT2D eigenvalue weighted by Gasteiger charge is -2.29. The fourth-order valence-electron chi connectivity index (χ4n) is 6.23. The molecule has 6 heteroatoms. The highest BCUT2D eigenvalue weighted by Crippen LogP contribution is 2.35. The van der Waals surface area contributed by atoms with Crippen LogP contribution in [0.2, 0.25) is 0 Å². The minimum Gasteiger partial charge on any atom is -0.341 e. The monoisotopic (exact) mass is 472 g/mol. The van der Waals surface area contributed by atoms with Crippen molar-refractivity contribution in [3.63, 3.8) is 0 Å². The van der Waals surface area contributed by atoms with Crippen LogP contribution in [-0.2, 0) is 14.1 Å². The molecule has 2 aliphatic rings. The summed E-state index contributed by atoms with van der Waals surface area (Å²) >= 11 is 0. The number of rotatable bonds is 6. The van der Waals surface area contributed by atoms with Crippen molar-refractivity contribution in [3.05, 3.63) is 17.0 Å². The first kappa shape index (κ1) is 26.9. The number of hydrogen-bond acceptors (Lipinski definition) is 2. The summed E-state index contributed by atoms with van der Waals surface area (Å²) < 4.78 is 4.66. The average Bonchev–Trinajstić information content (AvgIpc) is 3.11. The van der Waals surface area contributed by atoms with E-state index in [1.54, 1.807) is 0 Å². The Morgan fingerprint density at radius 2 is 1.29 bits per heavy atom. The van der Waals surface area contributed by atoms with Crippen LogP contribution in [0.4, 0.5) is 0 Å². The predicted molar refractivity (Wildman–Crippen MR) is 145 cm³/mol. The van der Waals surface area contributed by atoms with E-state index in [0.717, 1.165) is 18.5 Å². The molecule has 0 bridgehead atoms. The van der Waals surface area contributed by atoms with Crippen LogP contribution in [0.3, 0.4) is 0 Å². The summed E-state index contributed by atoms with van der Waals surface area (Å²) in [6.07, 6.45) is 7.47. The molecule has 0 N–H and O–H groups in total. The Hall–Kier alpha value is -1.72. The zero-order valence-corrected chi connectivity index (χ0v) is 24.2. The number of aliphatic imine (C=N–C) groups is 1. The van der Waals surface area contributed by atoms with E-state index in [4.69, 9.17) is 9.98 Å². The van der Waals surface area contributed by atoms with Crippen molar-refractivity contribution in [2.75, 3.05) is 14.1 Å². The summed E-state index contributed by atoms with van der Waals surface area (Å²) in [5.41, 5.74) is 3.69. The molecule has 2 fully saturated rings. The SMILES string of the molecule is CC(C)c1c(C(C)CCC(C)(C)N=C2N(C)C3CCCCC3N2C)n(C)c(=NC(C)(C)C)n1C. The molecular formula is C28H52N6. The Balaban J connectivity index is 1.84. The highest BCUT2D eigenvalue weighted by atomic mass is 15.5. The van der Waals surface area contributed by atoms with Gasteiger partial charge >= 0.3 is 0 Å². The number of hydrogen-bond donors (Lipinski definition) is 0. The summed E-state index contributed by atoms with van der Waals surface area (Å²) in [6.45, 7) is 18.1. The largest absolute Gasteiger partial charge is 0.341 e. The van der Waals surface area contributed by atoms with Gasteiger partial charge in [-0.15, -0.1) is 0 Å². The summed E-state index contributed by atoms with van der Waals surface area (Å²) in [5, 5.41) is 0. The van der Waals surface area contributed by atoms with Gasteiger partial charge in [0.2, 0.25) is 5.62 Å². The van der Waals surface area contributed by atoms with Crippen LogP contribution < -0.4 is 5.62 Å². The first-order valence-electron chi connectivity index (χ1n) is 13.5. The van der Waals surface area contributed by atoms with Crippen molar-refractivity contribution < 1.29 is 0 Å². The Morgan fingerprint density at radius 1 is 0.794 bits per heavy atom. The van der Waals surface area contributed by atoms with Crippen LogP contribution in [0.15, 0.2) is 9.98 Å². The molecule has 1 saturated heterocycles. The fraction of sp³-hybridized carbons (Fsp3) is 0.857. The van der Waals surface area contributed by atoms with E-state index in [2.05, 4.69) is 103 Å². The lowest BCUT2D eigenvalue weighted by atomic mass is 9.90. The van der Waals surface area contributed by atoms with Crippen molar-refractivity contribution in [1.29, 1.82) is 0 Å². The molecule has 3 rings (SSSR count). The highest BCUT2D eigenvalue weighted by Gasteiger charge is 2.42. The van der Waals surface area contributed by atoms with Crippen molar-refractivity contribution in [2.45, 2.75) is 129 Å². The predicted octanol–water partition coefficient (Wildman–Crippen LogP) is 5.39. The lowest BCUT2D eigenvalue weighted by Crippen LogP contribution is -2.37. The van der Waals surface area contributed by atoms with Gasteiger partial charge in [-0.2, -0.15) is 0 Å². The van der Waals surface area contributed by atoms with Gasteiger partial charge in [-0.05, 0) is 72.1 Å². The molecule has 1 aromatic heterocycles. The second-order valence-corrected chi connectivity index (χ2v) is 12.9. The Kier molecular flexibility index (Phi) is 7.69. The second kappa shape index (κ2) is 9.73. The maximum absolute atomic E-state index is 5.35. The molecule has 0 spiro atoms. The van der Waals surface area contributed by atoms with Crippen molar-refractivity contribution in [1.82, 2.24) is 18.9 Å². The summed E-state index contributed by atoms with van der Waals surface area (Å²) in [5.74, 6) is 2.09. The molecule has 3 atom stereocenters. The molecular weight excluding hydrogens is 420 g/mol. The van der Waals surface area contributed by atoms with Gasteiger partial charge < -0.3 is 18.9 Å². The maximum atomic E-state index is 5.35. The Morgan fingerprint density at radius 3 is 1.76 bits per heavy atom.